The molecule has 3 aromatic rings. The van der Waals surface area contributed by atoms with Gasteiger partial charge in [-0.05, 0) is 56.2 Å². The first-order chi connectivity index (χ1) is 11.6. The lowest BCUT2D eigenvalue weighted by molar-refractivity contribution is 1.01. The molecule has 2 aromatic heterocycles. The van der Waals surface area contributed by atoms with Crippen LogP contribution in [-0.4, -0.2) is 15.0 Å². The third-order valence-corrected chi connectivity index (χ3v) is 3.79. The van der Waals surface area contributed by atoms with Crippen molar-refractivity contribution in [2.24, 2.45) is 0 Å². The Bertz CT molecular complexity index is 830. The molecule has 24 heavy (non-hydrogen) atoms. The molecule has 0 atom stereocenters. The minimum atomic E-state index is 0.585. The number of aromatic nitrogens is 3. The minimum absolute atomic E-state index is 0.585. The Morgan fingerprint density at radius 1 is 0.917 bits per heavy atom. The molecule has 5 heteroatoms. The van der Waals surface area contributed by atoms with Gasteiger partial charge in [-0.3, -0.25) is 4.98 Å². The highest BCUT2D eigenvalue weighted by Crippen LogP contribution is 2.19. The number of nitrogens with one attached hydrogen (secondary N) is 2. The zero-order chi connectivity index (χ0) is 16.9. The van der Waals surface area contributed by atoms with Gasteiger partial charge >= 0.3 is 0 Å². The number of anilines is 3. The van der Waals surface area contributed by atoms with Crippen molar-refractivity contribution in [2.75, 3.05) is 10.6 Å². The summed E-state index contributed by atoms with van der Waals surface area (Å²) >= 11 is 0. The van der Waals surface area contributed by atoms with Crippen molar-refractivity contribution in [3.63, 3.8) is 0 Å². The van der Waals surface area contributed by atoms with Crippen LogP contribution >= 0.6 is 0 Å². The highest BCUT2D eigenvalue weighted by atomic mass is 15.1. The van der Waals surface area contributed by atoms with Crippen molar-refractivity contribution in [2.45, 2.75) is 27.3 Å². The van der Waals surface area contributed by atoms with Crippen molar-refractivity contribution >= 4 is 17.5 Å². The Labute approximate surface area is 142 Å². The van der Waals surface area contributed by atoms with E-state index in [1.165, 1.54) is 11.1 Å². The van der Waals surface area contributed by atoms with Crippen LogP contribution in [0.15, 0.2) is 48.7 Å². The van der Waals surface area contributed by atoms with Crippen LogP contribution in [0, 0.1) is 20.8 Å². The summed E-state index contributed by atoms with van der Waals surface area (Å²) in [5, 5.41) is 6.57. The average Bonchev–Trinajstić information content (AvgIpc) is 2.57. The van der Waals surface area contributed by atoms with Gasteiger partial charge in [0, 0.05) is 23.6 Å². The predicted octanol–water partition coefficient (Wildman–Crippen LogP) is 4.15. The van der Waals surface area contributed by atoms with Gasteiger partial charge in [0.25, 0.3) is 0 Å². The maximum atomic E-state index is 4.53. The third-order valence-electron chi connectivity index (χ3n) is 3.79. The van der Waals surface area contributed by atoms with Crippen molar-refractivity contribution < 1.29 is 0 Å². The van der Waals surface area contributed by atoms with E-state index in [1.807, 2.05) is 37.3 Å². The molecule has 0 saturated heterocycles. The van der Waals surface area contributed by atoms with Crippen molar-refractivity contribution in [1.82, 2.24) is 15.0 Å². The fourth-order valence-electron chi connectivity index (χ4n) is 2.35. The van der Waals surface area contributed by atoms with Crippen LogP contribution in [0.5, 0.6) is 0 Å². The second-order valence-electron chi connectivity index (χ2n) is 5.82. The first-order valence-corrected chi connectivity index (χ1v) is 7.94. The molecule has 0 spiro atoms. The lowest BCUT2D eigenvalue weighted by Gasteiger charge is -2.11. The molecule has 0 fully saturated rings. The summed E-state index contributed by atoms with van der Waals surface area (Å²) in [7, 11) is 0. The standard InChI is InChI=1S/C19H21N5/c1-13-7-8-16(10-14(13)2)23-19-22-15(3)11-18(24-19)21-12-17-6-4-5-9-20-17/h4-11H,12H2,1-3H3,(H2,21,22,23,24). The van der Waals surface area contributed by atoms with E-state index in [-0.39, 0.29) is 0 Å². The first-order valence-electron chi connectivity index (χ1n) is 7.94. The van der Waals surface area contributed by atoms with E-state index in [0.29, 0.717) is 12.5 Å². The topological polar surface area (TPSA) is 62.7 Å². The molecular formula is C19H21N5. The molecule has 2 heterocycles. The summed E-state index contributed by atoms with van der Waals surface area (Å²) in [5.74, 6) is 1.36. The predicted molar refractivity (Wildman–Crippen MR) is 97.5 cm³/mol. The zero-order valence-corrected chi connectivity index (χ0v) is 14.2. The van der Waals surface area contributed by atoms with Gasteiger partial charge in [-0.1, -0.05) is 12.1 Å². The van der Waals surface area contributed by atoms with Crippen LogP contribution < -0.4 is 10.6 Å². The largest absolute Gasteiger partial charge is 0.364 e. The highest BCUT2D eigenvalue weighted by Gasteiger charge is 2.04. The quantitative estimate of drug-likeness (QED) is 0.739. The lowest BCUT2D eigenvalue weighted by atomic mass is 10.1. The lowest BCUT2D eigenvalue weighted by Crippen LogP contribution is -2.06. The summed E-state index contributed by atoms with van der Waals surface area (Å²) in [6.07, 6.45) is 1.79. The Balaban J connectivity index is 1.74. The number of nitrogens with zero attached hydrogens (tertiary/aromatic N) is 3. The van der Waals surface area contributed by atoms with Crippen molar-refractivity contribution in [3.8, 4) is 0 Å². The third kappa shape index (κ3) is 4.07. The number of pyridine rings is 1. The number of hydrogen-bond acceptors (Lipinski definition) is 5. The molecule has 2 N–H and O–H groups in total. The second-order valence-corrected chi connectivity index (χ2v) is 5.82. The summed E-state index contributed by atoms with van der Waals surface area (Å²) in [6.45, 7) is 6.78. The fraction of sp³-hybridized carbons (Fsp3) is 0.211. The van der Waals surface area contributed by atoms with Gasteiger partial charge < -0.3 is 10.6 Å². The normalized spacial score (nSPS) is 10.5. The smallest absolute Gasteiger partial charge is 0.229 e. The molecule has 0 amide bonds. The van der Waals surface area contributed by atoms with Gasteiger partial charge in [0.05, 0.1) is 12.2 Å². The SMILES string of the molecule is Cc1cc(NCc2ccccn2)nc(Nc2ccc(C)c(C)c2)n1. The fourth-order valence-corrected chi connectivity index (χ4v) is 2.35. The van der Waals surface area contributed by atoms with Gasteiger partial charge in [-0.15, -0.1) is 0 Å². The minimum Gasteiger partial charge on any atom is -0.364 e. The number of hydrogen-bond donors (Lipinski definition) is 2. The number of benzene rings is 1. The Morgan fingerprint density at radius 3 is 2.54 bits per heavy atom. The molecule has 0 saturated carbocycles. The van der Waals surface area contributed by atoms with Crippen LogP contribution in [0.25, 0.3) is 0 Å². The van der Waals surface area contributed by atoms with Crippen molar-refractivity contribution in [1.29, 1.82) is 0 Å². The number of aryl methyl sites for hydroxylation is 3. The summed E-state index contributed by atoms with van der Waals surface area (Å²) in [5.41, 5.74) is 5.36. The molecule has 122 valence electrons. The molecule has 3 rings (SSSR count). The van der Waals surface area contributed by atoms with Gasteiger partial charge in [-0.2, -0.15) is 4.98 Å². The Morgan fingerprint density at radius 2 is 1.79 bits per heavy atom. The molecule has 0 unspecified atom stereocenters. The monoisotopic (exact) mass is 319 g/mol. The van der Waals surface area contributed by atoms with Gasteiger partial charge in [0.15, 0.2) is 0 Å². The second kappa shape index (κ2) is 7.08. The van der Waals surface area contributed by atoms with E-state index < -0.39 is 0 Å². The van der Waals surface area contributed by atoms with E-state index in [2.05, 4.69) is 51.6 Å². The average molecular weight is 319 g/mol. The van der Waals surface area contributed by atoms with Crippen LogP contribution in [0.4, 0.5) is 17.5 Å². The molecule has 0 aliphatic rings. The molecule has 0 aliphatic carbocycles. The highest BCUT2D eigenvalue weighted by molar-refractivity contribution is 5.57. The van der Waals surface area contributed by atoms with E-state index in [4.69, 9.17) is 0 Å². The molecule has 1 aromatic carbocycles. The van der Waals surface area contributed by atoms with Crippen LogP contribution in [0.2, 0.25) is 0 Å². The van der Waals surface area contributed by atoms with E-state index >= 15 is 0 Å². The van der Waals surface area contributed by atoms with E-state index in [9.17, 15) is 0 Å². The van der Waals surface area contributed by atoms with E-state index in [0.717, 1.165) is 22.9 Å². The molecule has 5 nitrogen and oxygen atoms in total. The Kier molecular flexibility index (Phi) is 4.70. The van der Waals surface area contributed by atoms with E-state index in [1.54, 1.807) is 6.20 Å². The van der Waals surface area contributed by atoms with Gasteiger partial charge in [0.2, 0.25) is 5.95 Å². The number of rotatable bonds is 5. The molecular weight excluding hydrogens is 298 g/mol. The molecule has 0 radical (unpaired) electrons. The summed E-state index contributed by atoms with van der Waals surface area (Å²) < 4.78 is 0. The Hall–Kier alpha value is -2.95. The summed E-state index contributed by atoms with van der Waals surface area (Å²) in [6, 6.07) is 14.0. The maximum Gasteiger partial charge on any atom is 0.229 e. The first kappa shape index (κ1) is 15.9. The van der Waals surface area contributed by atoms with Gasteiger partial charge in [0.1, 0.15) is 5.82 Å². The summed E-state index contributed by atoms with van der Waals surface area (Å²) in [4.78, 5) is 13.3. The van der Waals surface area contributed by atoms with Crippen LogP contribution in [0.1, 0.15) is 22.5 Å². The maximum absolute atomic E-state index is 4.53. The van der Waals surface area contributed by atoms with Crippen LogP contribution in [-0.2, 0) is 6.54 Å². The molecule has 0 aliphatic heterocycles. The van der Waals surface area contributed by atoms with Crippen molar-refractivity contribution in [3.05, 3.63) is 71.2 Å². The van der Waals surface area contributed by atoms with Gasteiger partial charge in [-0.25, -0.2) is 4.98 Å². The van der Waals surface area contributed by atoms with Crippen LogP contribution in [0.3, 0.4) is 0 Å². The zero-order valence-electron chi connectivity index (χ0n) is 14.2. The molecule has 0 bridgehead atoms.